The standard InChI is InChI=1S/C65H43N5/c1-65(2)52-29-15-19-33-58(52)70(59-34-20-16-30-53(59)65)64-61(43-35-37-56-49(39-43)47-27-13-17-31-54(47)68(56)45-23-9-5-10-24-45)51(41-66)60(42-21-7-4-8-22-42)63(67-3)62(64)44-36-38-57-50(40-44)48-28-14-18-32-55(48)69(57)46-25-11-6-12-26-46/h4-40H,1-2H3. The molecule has 0 aliphatic carbocycles. The average molecular weight is 894 g/mol. The number of hydrogen-bond donors (Lipinski definition) is 0. The summed E-state index contributed by atoms with van der Waals surface area (Å²) in [7, 11) is 0. The van der Waals surface area contributed by atoms with E-state index in [1.54, 1.807) is 0 Å². The molecule has 0 N–H and O–H groups in total. The van der Waals surface area contributed by atoms with Gasteiger partial charge >= 0.3 is 0 Å². The topological polar surface area (TPSA) is 41.2 Å². The summed E-state index contributed by atoms with van der Waals surface area (Å²) < 4.78 is 4.65. The van der Waals surface area contributed by atoms with Gasteiger partial charge in [0.1, 0.15) is 0 Å². The molecule has 2 aromatic heterocycles. The van der Waals surface area contributed by atoms with Crippen molar-refractivity contribution in [2.75, 3.05) is 4.90 Å². The fourth-order valence-corrected chi connectivity index (χ4v) is 11.5. The van der Waals surface area contributed by atoms with E-state index in [9.17, 15) is 11.8 Å². The SMILES string of the molecule is [C-]#[N+]c1c(-c2ccccc2)c(C#N)c(-c2ccc3c(c2)c2ccccc2n3-c2ccccc2)c(N2c3ccccc3C(C)(C)c3ccccc32)c1-c1ccc2c(c1)c1ccccc1n2-c1ccccc1. The summed E-state index contributed by atoms with van der Waals surface area (Å²) >= 11 is 0. The number of anilines is 3. The Balaban J connectivity index is 1.23. The minimum absolute atomic E-state index is 0.356. The molecule has 0 saturated carbocycles. The van der Waals surface area contributed by atoms with Crippen LogP contribution in [0.3, 0.4) is 0 Å². The van der Waals surface area contributed by atoms with Crippen molar-refractivity contribution in [3.05, 3.63) is 253 Å². The van der Waals surface area contributed by atoms with Crippen LogP contribution in [0.1, 0.15) is 30.5 Å². The molecule has 0 spiro atoms. The Morgan fingerprint density at radius 3 is 1.36 bits per heavy atom. The van der Waals surface area contributed by atoms with Gasteiger partial charge < -0.3 is 14.0 Å². The van der Waals surface area contributed by atoms with E-state index in [-0.39, 0.29) is 5.41 Å². The molecule has 10 aromatic carbocycles. The Morgan fingerprint density at radius 2 is 0.857 bits per heavy atom. The quantitative estimate of drug-likeness (QED) is 0.156. The molecular formula is C65H43N5. The third-order valence-electron chi connectivity index (χ3n) is 14.5. The van der Waals surface area contributed by atoms with Gasteiger partial charge in [0.25, 0.3) is 0 Å². The van der Waals surface area contributed by atoms with E-state index in [0.29, 0.717) is 16.8 Å². The Morgan fingerprint density at radius 1 is 0.429 bits per heavy atom. The monoisotopic (exact) mass is 893 g/mol. The molecule has 0 unspecified atom stereocenters. The predicted octanol–water partition coefficient (Wildman–Crippen LogP) is 17.4. The smallest absolute Gasteiger partial charge is 0.205 e. The third kappa shape index (κ3) is 5.96. The van der Waals surface area contributed by atoms with E-state index in [1.807, 2.05) is 42.5 Å². The van der Waals surface area contributed by atoms with Crippen LogP contribution in [-0.4, -0.2) is 9.13 Å². The van der Waals surface area contributed by atoms with Gasteiger partial charge in [0, 0.05) is 55.0 Å². The molecule has 0 bridgehead atoms. The second-order valence-electron chi connectivity index (χ2n) is 18.6. The summed E-state index contributed by atoms with van der Waals surface area (Å²) in [6.07, 6.45) is 0. The molecule has 13 rings (SSSR count). The largest absolute Gasteiger partial charge is 0.310 e. The number of fused-ring (bicyclic) bond motifs is 8. The molecule has 0 radical (unpaired) electrons. The van der Waals surface area contributed by atoms with Crippen molar-refractivity contribution in [3.8, 4) is 50.8 Å². The maximum atomic E-state index is 11.9. The highest BCUT2D eigenvalue weighted by Gasteiger charge is 2.40. The zero-order valence-corrected chi connectivity index (χ0v) is 38.6. The number of para-hydroxylation sites is 6. The van der Waals surface area contributed by atoms with E-state index in [0.717, 1.165) is 111 Å². The normalized spacial score (nSPS) is 12.8. The summed E-state index contributed by atoms with van der Waals surface area (Å²) in [6.45, 7) is 13.9. The lowest BCUT2D eigenvalue weighted by Crippen LogP contribution is -2.31. The molecule has 5 heteroatoms. The van der Waals surface area contributed by atoms with Gasteiger partial charge in [-0.2, -0.15) is 5.26 Å². The van der Waals surface area contributed by atoms with Crippen molar-refractivity contribution in [2.24, 2.45) is 0 Å². The van der Waals surface area contributed by atoms with Crippen LogP contribution in [0.4, 0.5) is 22.7 Å². The molecule has 70 heavy (non-hydrogen) atoms. The van der Waals surface area contributed by atoms with Crippen LogP contribution in [-0.2, 0) is 5.41 Å². The molecule has 1 aliphatic heterocycles. The van der Waals surface area contributed by atoms with Gasteiger partial charge in [0.2, 0.25) is 5.69 Å². The maximum Gasteiger partial charge on any atom is 0.205 e. The third-order valence-corrected chi connectivity index (χ3v) is 14.5. The highest BCUT2D eigenvalue weighted by Crippen LogP contribution is 2.60. The molecule has 3 heterocycles. The minimum atomic E-state index is -0.356. The zero-order valence-electron chi connectivity index (χ0n) is 38.6. The van der Waals surface area contributed by atoms with Crippen LogP contribution in [0.25, 0.3) is 93.2 Å². The van der Waals surface area contributed by atoms with E-state index < -0.39 is 0 Å². The molecular weight excluding hydrogens is 851 g/mol. The maximum absolute atomic E-state index is 11.9. The van der Waals surface area contributed by atoms with Gasteiger partial charge in [-0.25, -0.2) is 4.85 Å². The van der Waals surface area contributed by atoms with Crippen molar-refractivity contribution >= 4 is 66.4 Å². The Hall–Kier alpha value is -9.42. The number of benzene rings is 10. The summed E-state index contributed by atoms with van der Waals surface area (Å²) in [5.41, 5.74) is 16.8. The lowest BCUT2D eigenvalue weighted by molar-refractivity contribution is 0.632. The molecule has 0 atom stereocenters. The molecule has 1 aliphatic rings. The number of nitrogens with zero attached hydrogens (tertiary/aromatic N) is 5. The van der Waals surface area contributed by atoms with Crippen molar-refractivity contribution in [2.45, 2.75) is 19.3 Å². The van der Waals surface area contributed by atoms with Crippen LogP contribution < -0.4 is 4.90 Å². The number of nitriles is 1. The van der Waals surface area contributed by atoms with E-state index in [1.165, 1.54) is 0 Å². The van der Waals surface area contributed by atoms with Crippen molar-refractivity contribution in [3.63, 3.8) is 0 Å². The first-order valence-electron chi connectivity index (χ1n) is 23.7. The van der Waals surface area contributed by atoms with Gasteiger partial charge in [-0.05, 0) is 101 Å². The zero-order chi connectivity index (χ0) is 47.1. The van der Waals surface area contributed by atoms with E-state index >= 15 is 0 Å². The van der Waals surface area contributed by atoms with Crippen LogP contribution in [0, 0.1) is 17.9 Å². The molecule has 0 saturated heterocycles. The van der Waals surface area contributed by atoms with Crippen LogP contribution >= 0.6 is 0 Å². The van der Waals surface area contributed by atoms with Gasteiger partial charge in [0.15, 0.2) is 0 Å². The van der Waals surface area contributed by atoms with Crippen LogP contribution in [0.15, 0.2) is 224 Å². The summed E-state index contributed by atoms with van der Waals surface area (Å²) in [5.74, 6) is 0. The van der Waals surface area contributed by atoms with Crippen molar-refractivity contribution in [1.29, 1.82) is 5.26 Å². The molecule has 5 nitrogen and oxygen atoms in total. The number of hydrogen-bond acceptors (Lipinski definition) is 2. The number of aromatic nitrogens is 2. The van der Waals surface area contributed by atoms with Crippen molar-refractivity contribution < 1.29 is 0 Å². The van der Waals surface area contributed by atoms with Crippen molar-refractivity contribution in [1.82, 2.24) is 9.13 Å². The van der Waals surface area contributed by atoms with E-state index in [2.05, 4.69) is 221 Å². The number of rotatable bonds is 6. The molecule has 12 aromatic rings. The highest BCUT2D eigenvalue weighted by molar-refractivity contribution is 6.17. The minimum Gasteiger partial charge on any atom is -0.310 e. The van der Waals surface area contributed by atoms with Gasteiger partial charge in [-0.15, -0.1) is 0 Å². The lowest BCUT2D eigenvalue weighted by atomic mass is 9.73. The fourth-order valence-electron chi connectivity index (χ4n) is 11.5. The average Bonchev–Trinajstić information content (AvgIpc) is 3.93. The second-order valence-corrected chi connectivity index (χ2v) is 18.6. The molecule has 328 valence electrons. The lowest BCUT2D eigenvalue weighted by Gasteiger charge is -2.43. The van der Waals surface area contributed by atoms with Gasteiger partial charge in [0.05, 0.1) is 57.3 Å². The Bertz CT molecular complexity index is 3920. The molecule has 0 amide bonds. The first-order chi connectivity index (χ1) is 34.5. The van der Waals surface area contributed by atoms with Gasteiger partial charge in [-0.1, -0.05) is 166 Å². The summed E-state index contributed by atoms with van der Waals surface area (Å²) in [4.78, 5) is 6.91. The fraction of sp³-hybridized carbons (Fsp3) is 0.0462. The summed E-state index contributed by atoms with van der Waals surface area (Å²) in [6, 6.07) is 81.5. The Kier molecular flexibility index (Phi) is 9.24. The first-order valence-corrected chi connectivity index (χ1v) is 23.7. The molecule has 0 fully saturated rings. The van der Waals surface area contributed by atoms with Crippen LogP contribution in [0.2, 0.25) is 0 Å². The predicted molar refractivity (Wildman–Crippen MR) is 289 cm³/mol. The van der Waals surface area contributed by atoms with E-state index in [4.69, 9.17) is 0 Å². The highest BCUT2D eigenvalue weighted by atomic mass is 15.2. The van der Waals surface area contributed by atoms with Gasteiger partial charge in [-0.3, -0.25) is 0 Å². The summed E-state index contributed by atoms with van der Waals surface area (Å²) in [5, 5.41) is 16.3. The first kappa shape index (κ1) is 40.8. The van der Waals surface area contributed by atoms with Crippen LogP contribution in [0.5, 0.6) is 0 Å². The Labute approximate surface area is 406 Å². The second kappa shape index (κ2) is 15.8.